The predicted molar refractivity (Wildman–Crippen MR) is 465 cm³/mol. The third kappa shape index (κ3) is 8.81. The summed E-state index contributed by atoms with van der Waals surface area (Å²) in [7, 11) is 0. The Bertz CT molecular complexity index is 6750. The van der Waals surface area contributed by atoms with Gasteiger partial charge in [-0.25, -0.2) is 0 Å². The van der Waals surface area contributed by atoms with Crippen LogP contribution in [0.25, 0.3) is 111 Å². The molecule has 17 aromatic carbocycles. The molecule has 0 aliphatic heterocycles. The zero-order valence-corrected chi connectivity index (χ0v) is 62.8. The van der Waals surface area contributed by atoms with Gasteiger partial charge in [0.2, 0.25) is 0 Å². The summed E-state index contributed by atoms with van der Waals surface area (Å²) in [5.41, 5.74) is 45.8. The second-order valence-corrected chi connectivity index (χ2v) is 32.5. The lowest BCUT2D eigenvalue weighted by molar-refractivity contribution is 0.660. The molecule has 0 fully saturated rings. The average Bonchev–Trinajstić information content (AvgIpc) is 1.51. The van der Waals surface area contributed by atoms with E-state index in [-0.39, 0.29) is 10.8 Å². The van der Waals surface area contributed by atoms with E-state index in [1.165, 1.54) is 156 Å². The molecule has 0 amide bonds. The van der Waals surface area contributed by atoms with Crippen LogP contribution in [0.3, 0.4) is 0 Å². The lowest BCUT2D eigenvalue weighted by Crippen LogP contribution is -2.26. The van der Waals surface area contributed by atoms with Gasteiger partial charge >= 0.3 is 0 Å². The molecule has 526 valence electrons. The van der Waals surface area contributed by atoms with Gasteiger partial charge in [-0.2, -0.15) is 0 Å². The van der Waals surface area contributed by atoms with Crippen molar-refractivity contribution in [1.29, 1.82) is 0 Å². The van der Waals surface area contributed by atoms with Crippen molar-refractivity contribution in [3.05, 3.63) is 455 Å². The molecule has 2 heteroatoms. The fraction of sp³-hybridized carbons (Fsp3) is 0.0727. The molecule has 17 aromatic rings. The largest absolute Gasteiger partial charge is 0.310 e. The Morgan fingerprint density at radius 1 is 0.170 bits per heavy atom. The van der Waals surface area contributed by atoms with Crippen LogP contribution < -0.4 is 9.80 Å². The van der Waals surface area contributed by atoms with Crippen molar-refractivity contribution in [3.8, 4) is 111 Å². The van der Waals surface area contributed by atoms with E-state index in [0.29, 0.717) is 0 Å². The summed E-state index contributed by atoms with van der Waals surface area (Å²) >= 11 is 0. The minimum absolute atomic E-state index is 0.219. The zero-order chi connectivity index (χ0) is 74.3. The van der Waals surface area contributed by atoms with Crippen LogP contribution in [0.15, 0.2) is 388 Å². The van der Waals surface area contributed by atoms with Gasteiger partial charge in [0.1, 0.15) is 0 Å². The maximum absolute atomic E-state index is 2.59. The summed E-state index contributed by atoms with van der Waals surface area (Å²) in [6, 6.07) is 148. The smallest absolute Gasteiger partial charge is 0.0725 e. The topological polar surface area (TPSA) is 6.48 Å². The molecule has 0 saturated heterocycles. The Labute approximate surface area is 655 Å². The van der Waals surface area contributed by atoms with Gasteiger partial charge in [0.25, 0.3) is 0 Å². The van der Waals surface area contributed by atoms with E-state index >= 15 is 0 Å². The van der Waals surface area contributed by atoms with Crippen molar-refractivity contribution in [2.24, 2.45) is 0 Å². The summed E-state index contributed by atoms with van der Waals surface area (Å²) in [6.45, 7) is 9.67. The van der Waals surface area contributed by atoms with Crippen molar-refractivity contribution >= 4 is 34.1 Å². The third-order valence-corrected chi connectivity index (χ3v) is 26.2. The molecule has 0 atom stereocenters. The molecule has 0 radical (unpaired) electrons. The molecule has 0 heterocycles. The van der Waals surface area contributed by atoms with Crippen LogP contribution >= 0.6 is 0 Å². The minimum Gasteiger partial charge on any atom is -0.310 e. The summed E-state index contributed by atoms with van der Waals surface area (Å²) in [5, 5.41) is 0. The van der Waals surface area contributed by atoms with E-state index in [0.717, 1.165) is 56.3 Å². The van der Waals surface area contributed by atoms with Gasteiger partial charge in [-0.15, -0.1) is 0 Å². The molecule has 0 bridgehead atoms. The Balaban J connectivity index is 0.681. The van der Waals surface area contributed by atoms with Gasteiger partial charge in [-0.1, -0.05) is 343 Å². The molecule has 2 nitrogen and oxygen atoms in total. The Hall–Kier alpha value is -13.7. The molecule has 2 spiro atoms. The van der Waals surface area contributed by atoms with Crippen LogP contribution in [-0.2, 0) is 21.7 Å². The highest BCUT2D eigenvalue weighted by Gasteiger charge is 2.54. The number of hydrogen-bond donors (Lipinski definition) is 0. The highest BCUT2D eigenvalue weighted by Crippen LogP contribution is 2.67. The highest BCUT2D eigenvalue weighted by atomic mass is 15.2. The first-order chi connectivity index (χ1) is 55.1. The summed E-state index contributed by atoms with van der Waals surface area (Å²) in [4.78, 5) is 5.17. The Kier molecular flexibility index (Phi) is 13.7. The quantitative estimate of drug-likeness (QED) is 0.135. The molecular formula is C110H76N2. The molecular weight excluding hydrogens is 1350 g/mol. The molecule has 0 saturated carbocycles. The van der Waals surface area contributed by atoms with Gasteiger partial charge in [0.15, 0.2) is 0 Å². The summed E-state index contributed by atoms with van der Waals surface area (Å²) < 4.78 is 0. The number of nitrogens with zero attached hydrogens (tertiary/aromatic N) is 2. The maximum atomic E-state index is 2.59. The minimum atomic E-state index is -0.469. The number of anilines is 6. The number of benzene rings is 17. The molecule has 23 rings (SSSR count). The van der Waals surface area contributed by atoms with E-state index in [1.807, 2.05) is 0 Å². The van der Waals surface area contributed by atoms with E-state index in [2.05, 4.69) is 426 Å². The van der Waals surface area contributed by atoms with Crippen molar-refractivity contribution < 1.29 is 0 Å². The van der Waals surface area contributed by atoms with E-state index < -0.39 is 10.8 Å². The van der Waals surface area contributed by atoms with Crippen molar-refractivity contribution in [2.45, 2.75) is 49.4 Å². The molecule has 112 heavy (non-hydrogen) atoms. The van der Waals surface area contributed by atoms with Crippen LogP contribution in [0.1, 0.15) is 94.5 Å². The van der Waals surface area contributed by atoms with Gasteiger partial charge in [-0.3, -0.25) is 0 Å². The van der Waals surface area contributed by atoms with Crippen LogP contribution in [0.4, 0.5) is 34.1 Å². The zero-order valence-electron chi connectivity index (χ0n) is 62.8. The molecule has 0 unspecified atom stereocenters. The van der Waals surface area contributed by atoms with Gasteiger partial charge in [0.05, 0.1) is 27.9 Å². The number of rotatable bonds is 10. The number of hydrogen-bond acceptors (Lipinski definition) is 2. The van der Waals surface area contributed by atoms with Crippen LogP contribution in [0.5, 0.6) is 0 Å². The molecule has 6 aliphatic carbocycles. The van der Waals surface area contributed by atoms with Crippen LogP contribution in [0, 0.1) is 0 Å². The Morgan fingerprint density at radius 3 is 1.06 bits per heavy atom. The number of fused-ring (bicyclic) bond motifs is 26. The summed E-state index contributed by atoms with van der Waals surface area (Å²) in [6.07, 6.45) is 0. The van der Waals surface area contributed by atoms with Crippen molar-refractivity contribution in [3.63, 3.8) is 0 Å². The second-order valence-electron chi connectivity index (χ2n) is 32.5. The van der Waals surface area contributed by atoms with Gasteiger partial charge < -0.3 is 9.80 Å². The van der Waals surface area contributed by atoms with Gasteiger partial charge in [0, 0.05) is 39.0 Å². The van der Waals surface area contributed by atoms with E-state index in [9.17, 15) is 0 Å². The third-order valence-electron chi connectivity index (χ3n) is 26.2. The fourth-order valence-corrected chi connectivity index (χ4v) is 21.6. The molecule has 0 aromatic heterocycles. The first kappa shape index (κ1) is 64.3. The van der Waals surface area contributed by atoms with Crippen LogP contribution in [-0.4, -0.2) is 0 Å². The average molecular weight is 1430 g/mol. The fourth-order valence-electron chi connectivity index (χ4n) is 21.6. The second kappa shape index (κ2) is 23.9. The molecule has 0 N–H and O–H groups in total. The predicted octanol–water partition coefficient (Wildman–Crippen LogP) is 28.6. The Morgan fingerprint density at radius 2 is 0.509 bits per heavy atom. The standard InChI is InChI=1S/C110H76N2/c1-107(2)91-45-19-17-43-87(91)105-101(107)52-29-54-103(105)111(76-57-60-99-89(67-76)84-41-15-24-50-97(84)109(99)93-46-20-11-37-80(93)81-38-12-21-47-94(81)109)78-64-74(69-30-7-5-8-31-69)63-75(65-78)72-35-27-34-71(62-72)73-56-59-92-88(66-73)86-44-28-55-104(106(86)108(92,3)4)112(102-53-26-18-36-79(102)70-32-9-6-10-33-70)77-58-61-100-90(68-77)85-42-16-25-51-98(85)110(100)95-48-22-13-39-82(95)83-40-14-23-49-96(83)110/h5-68H,1-4H3. The first-order valence-electron chi connectivity index (χ1n) is 39.5. The number of para-hydroxylation sites is 1. The normalized spacial score (nSPS) is 14.5. The maximum Gasteiger partial charge on any atom is 0.0725 e. The monoisotopic (exact) mass is 1420 g/mol. The molecule has 6 aliphatic rings. The SMILES string of the molecule is CC1(C)c2ccccc2-c2c(N(c3cc(-c4ccccc4)cc(-c4cccc(-c5ccc6c(c5)-c5cccc(N(c7ccc8c(c7)-c7ccccc7C87c8ccccc8-c8ccccc87)c7ccccc7-c7ccccc7)c5C6(C)C)c4)c3)c3ccc4c(c3)-c3ccccc3C43c4ccccc4-c4ccccc43)cccc21. The van der Waals surface area contributed by atoms with Crippen molar-refractivity contribution in [2.75, 3.05) is 9.80 Å². The van der Waals surface area contributed by atoms with Crippen LogP contribution in [0.2, 0.25) is 0 Å². The summed E-state index contributed by atoms with van der Waals surface area (Å²) in [5.74, 6) is 0. The van der Waals surface area contributed by atoms with E-state index in [1.54, 1.807) is 0 Å². The first-order valence-corrected chi connectivity index (χ1v) is 39.5. The van der Waals surface area contributed by atoms with Crippen molar-refractivity contribution in [1.82, 2.24) is 0 Å². The van der Waals surface area contributed by atoms with Gasteiger partial charge in [-0.05, 0) is 240 Å². The van der Waals surface area contributed by atoms with E-state index in [4.69, 9.17) is 0 Å². The lowest BCUT2D eigenvalue weighted by Gasteiger charge is -2.34. The lowest BCUT2D eigenvalue weighted by atomic mass is 9.70. The highest BCUT2D eigenvalue weighted by molar-refractivity contribution is 6.03.